The Labute approximate surface area is 127 Å². The van der Waals surface area contributed by atoms with Crippen molar-refractivity contribution in [2.24, 2.45) is 5.92 Å². The molecule has 3 N–H and O–H groups in total. The van der Waals surface area contributed by atoms with Crippen molar-refractivity contribution in [1.29, 1.82) is 0 Å². The first kappa shape index (κ1) is 19.7. The zero-order chi connectivity index (χ0) is 16.5. The van der Waals surface area contributed by atoms with E-state index in [-0.39, 0.29) is 19.0 Å². The lowest BCUT2D eigenvalue weighted by molar-refractivity contribution is -0.137. The number of carboxylic acid groups (broad SMARTS) is 1. The smallest absolute Gasteiger partial charge is 0.317 e. The fourth-order valence-corrected chi connectivity index (χ4v) is 2.34. The molecule has 6 nitrogen and oxygen atoms in total. The van der Waals surface area contributed by atoms with Gasteiger partial charge in [-0.3, -0.25) is 4.79 Å². The average molecular weight is 302 g/mol. The fraction of sp³-hybridized carbons (Fsp3) is 0.867. The number of nitrogens with zero attached hydrogens (tertiary/aromatic N) is 1. The summed E-state index contributed by atoms with van der Waals surface area (Å²) in [5.41, 5.74) is -0.918. The molecule has 0 heterocycles. The first-order chi connectivity index (χ1) is 9.65. The molecule has 124 valence electrons. The van der Waals surface area contributed by atoms with E-state index in [1.54, 1.807) is 20.9 Å². The summed E-state index contributed by atoms with van der Waals surface area (Å²) in [6, 6.07) is -0.217. The number of hydrogen-bond donors (Lipinski definition) is 3. The van der Waals surface area contributed by atoms with Gasteiger partial charge in [-0.2, -0.15) is 0 Å². The van der Waals surface area contributed by atoms with E-state index in [2.05, 4.69) is 12.2 Å². The van der Waals surface area contributed by atoms with Crippen LogP contribution in [0.3, 0.4) is 0 Å². The summed E-state index contributed by atoms with van der Waals surface area (Å²) < 4.78 is 0. The van der Waals surface area contributed by atoms with Crippen LogP contribution in [0.2, 0.25) is 0 Å². The van der Waals surface area contributed by atoms with Crippen molar-refractivity contribution >= 4 is 12.0 Å². The largest absolute Gasteiger partial charge is 0.481 e. The van der Waals surface area contributed by atoms with Crippen LogP contribution in [0.5, 0.6) is 0 Å². The van der Waals surface area contributed by atoms with Crippen molar-refractivity contribution in [3.05, 3.63) is 0 Å². The summed E-state index contributed by atoms with van der Waals surface area (Å²) in [6.45, 7) is 6.17. The number of rotatable bonds is 10. The summed E-state index contributed by atoms with van der Waals surface area (Å²) in [6.07, 6.45) is 3.60. The first-order valence-corrected chi connectivity index (χ1v) is 7.59. The van der Waals surface area contributed by atoms with Crippen LogP contribution in [0, 0.1) is 5.92 Å². The molecule has 0 aromatic heterocycles. The third-order valence-corrected chi connectivity index (χ3v) is 3.26. The van der Waals surface area contributed by atoms with E-state index in [4.69, 9.17) is 5.11 Å². The molecule has 0 aliphatic heterocycles. The molecule has 6 heteroatoms. The quantitative estimate of drug-likeness (QED) is 0.576. The van der Waals surface area contributed by atoms with E-state index in [1.807, 2.05) is 0 Å². The standard InChI is InChI=1S/C15H30N2O4/c1-5-6-12(7-8-13(18)19)9-10-16-14(20)17(4)11-15(2,3)21/h12,21H,5-11H2,1-4H3,(H,16,20)(H,18,19). The van der Waals surface area contributed by atoms with Crippen molar-refractivity contribution in [3.8, 4) is 0 Å². The van der Waals surface area contributed by atoms with E-state index < -0.39 is 11.6 Å². The van der Waals surface area contributed by atoms with E-state index in [1.165, 1.54) is 4.90 Å². The maximum Gasteiger partial charge on any atom is 0.317 e. The molecule has 0 rings (SSSR count). The number of carboxylic acids is 1. The van der Waals surface area contributed by atoms with Gasteiger partial charge >= 0.3 is 12.0 Å². The molecule has 1 unspecified atom stereocenters. The number of urea groups is 1. The third kappa shape index (κ3) is 11.1. The van der Waals surface area contributed by atoms with Gasteiger partial charge in [0.05, 0.1) is 12.1 Å². The van der Waals surface area contributed by atoms with Crippen LogP contribution in [0.1, 0.15) is 52.9 Å². The van der Waals surface area contributed by atoms with Crippen LogP contribution in [0.4, 0.5) is 4.79 Å². The number of likely N-dealkylation sites (N-methyl/N-ethyl adjacent to an activating group) is 1. The first-order valence-electron chi connectivity index (χ1n) is 7.59. The summed E-state index contributed by atoms with van der Waals surface area (Å²) in [5, 5.41) is 21.2. The number of nitrogens with one attached hydrogen (secondary N) is 1. The Kier molecular flexibility index (Phi) is 9.01. The van der Waals surface area contributed by atoms with Crippen LogP contribution in [0.15, 0.2) is 0 Å². The van der Waals surface area contributed by atoms with Gasteiger partial charge in [0, 0.05) is 20.0 Å². The van der Waals surface area contributed by atoms with Crippen LogP contribution in [-0.2, 0) is 4.79 Å². The van der Waals surface area contributed by atoms with Crippen LogP contribution in [-0.4, -0.2) is 52.9 Å². The van der Waals surface area contributed by atoms with Crippen molar-refractivity contribution in [1.82, 2.24) is 10.2 Å². The number of carbonyl (C=O) groups excluding carboxylic acids is 1. The second-order valence-corrected chi connectivity index (χ2v) is 6.28. The molecular formula is C15H30N2O4. The number of aliphatic hydroxyl groups is 1. The molecule has 0 spiro atoms. The Bertz CT molecular complexity index is 326. The van der Waals surface area contributed by atoms with Gasteiger partial charge in [-0.25, -0.2) is 4.79 Å². The molecule has 21 heavy (non-hydrogen) atoms. The predicted molar refractivity (Wildman–Crippen MR) is 82.2 cm³/mol. The molecule has 0 bridgehead atoms. The van der Waals surface area contributed by atoms with E-state index in [0.717, 1.165) is 19.3 Å². The Hall–Kier alpha value is -1.30. The molecule has 2 amide bonds. The number of hydrogen-bond acceptors (Lipinski definition) is 3. The molecule has 0 aromatic rings. The summed E-state index contributed by atoms with van der Waals surface area (Å²) in [7, 11) is 1.64. The van der Waals surface area contributed by atoms with Crippen molar-refractivity contribution in [2.45, 2.75) is 58.5 Å². The van der Waals surface area contributed by atoms with Crippen LogP contribution >= 0.6 is 0 Å². The van der Waals surface area contributed by atoms with Crippen molar-refractivity contribution < 1.29 is 19.8 Å². The van der Waals surface area contributed by atoms with E-state index >= 15 is 0 Å². The molecule has 1 atom stereocenters. The van der Waals surface area contributed by atoms with Gasteiger partial charge in [0.25, 0.3) is 0 Å². The minimum absolute atomic E-state index is 0.178. The minimum Gasteiger partial charge on any atom is -0.481 e. The second kappa shape index (κ2) is 9.60. The zero-order valence-electron chi connectivity index (χ0n) is 13.7. The number of carbonyl (C=O) groups is 2. The lowest BCUT2D eigenvalue weighted by atomic mass is 9.94. The Morgan fingerprint density at radius 2 is 1.86 bits per heavy atom. The molecule has 0 aromatic carbocycles. The summed E-state index contributed by atoms with van der Waals surface area (Å²) >= 11 is 0. The van der Waals surface area contributed by atoms with Crippen LogP contribution < -0.4 is 5.32 Å². The molecular weight excluding hydrogens is 272 g/mol. The Morgan fingerprint density at radius 3 is 2.33 bits per heavy atom. The van der Waals surface area contributed by atoms with Crippen molar-refractivity contribution in [2.75, 3.05) is 20.1 Å². The molecule has 0 saturated carbocycles. The SMILES string of the molecule is CCCC(CCNC(=O)N(C)CC(C)(C)O)CCC(=O)O. The topological polar surface area (TPSA) is 89.9 Å². The summed E-state index contributed by atoms with van der Waals surface area (Å²) in [5.74, 6) is -0.448. The minimum atomic E-state index is -0.918. The van der Waals surface area contributed by atoms with Gasteiger partial charge in [-0.15, -0.1) is 0 Å². The molecule has 0 aliphatic carbocycles. The zero-order valence-corrected chi connectivity index (χ0v) is 13.7. The van der Waals surface area contributed by atoms with Crippen molar-refractivity contribution in [3.63, 3.8) is 0 Å². The number of amides is 2. The van der Waals surface area contributed by atoms with Gasteiger partial charge in [0.2, 0.25) is 0 Å². The van der Waals surface area contributed by atoms with Gasteiger partial charge in [0.1, 0.15) is 0 Å². The van der Waals surface area contributed by atoms with Gasteiger partial charge in [-0.1, -0.05) is 19.8 Å². The molecule has 0 radical (unpaired) electrons. The lowest BCUT2D eigenvalue weighted by Gasteiger charge is -2.26. The summed E-state index contributed by atoms with van der Waals surface area (Å²) in [4.78, 5) is 23.9. The Balaban J connectivity index is 4.06. The third-order valence-electron chi connectivity index (χ3n) is 3.26. The molecule has 0 aliphatic rings. The van der Waals surface area contributed by atoms with Crippen LogP contribution in [0.25, 0.3) is 0 Å². The highest BCUT2D eigenvalue weighted by molar-refractivity contribution is 5.73. The highest BCUT2D eigenvalue weighted by Gasteiger charge is 2.19. The highest BCUT2D eigenvalue weighted by Crippen LogP contribution is 2.17. The van der Waals surface area contributed by atoms with E-state index in [9.17, 15) is 14.7 Å². The van der Waals surface area contributed by atoms with Gasteiger partial charge in [-0.05, 0) is 32.6 Å². The fourth-order valence-electron chi connectivity index (χ4n) is 2.34. The highest BCUT2D eigenvalue weighted by atomic mass is 16.4. The lowest BCUT2D eigenvalue weighted by Crippen LogP contribution is -2.45. The van der Waals surface area contributed by atoms with E-state index in [0.29, 0.717) is 18.9 Å². The Morgan fingerprint density at radius 1 is 1.24 bits per heavy atom. The maximum absolute atomic E-state index is 11.8. The van der Waals surface area contributed by atoms with Gasteiger partial charge < -0.3 is 20.4 Å². The monoisotopic (exact) mass is 302 g/mol. The second-order valence-electron chi connectivity index (χ2n) is 6.28. The predicted octanol–water partition coefficient (Wildman–Crippen LogP) is 2.07. The normalized spacial score (nSPS) is 12.8. The molecule has 0 fully saturated rings. The molecule has 0 saturated heterocycles. The van der Waals surface area contributed by atoms with Gasteiger partial charge in [0.15, 0.2) is 0 Å². The number of aliphatic carboxylic acids is 1. The average Bonchev–Trinajstić information content (AvgIpc) is 2.33. The maximum atomic E-state index is 11.8.